The molecule has 0 heterocycles. The molecule has 2 N–H and O–H groups in total. The molecule has 0 spiro atoms. The van der Waals surface area contributed by atoms with Crippen molar-refractivity contribution in [2.24, 2.45) is 0 Å². The maximum atomic E-state index is 10.3. The highest BCUT2D eigenvalue weighted by Crippen LogP contribution is 2.12. The van der Waals surface area contributed by atoms with E-state index in [0.717, 1.165) is 12.2 Å². The van der Waals surface area contributed by atoms with Crippen LogP contribution in [0.1, 0.15) is 34.1 Å². The minimum Gasteiger partial charge on any atom is -0.388 e. The molecular formula is C13H30N2OS. The first-order valence-electron chi connectivity index (χ1n) is 6.47. The first-order valence-corrected chi connectivity index (χ1v) is 7.86. The summed E-state index contributed by atoms with van der Waals surface area (Å²) in [6, 6.07) is 0.968. The average Bonchev–Trinajstić information content (AvgIpc) is 2.22. The standard InChI is InChI=1S/C13H30N2OS/c1-7-12(8-17-6)15(5)10-13(4,16)9-14-11(2)3/h11-12,14,16H,7-10H2,1-6H3. The normalized spacial score (nSPS) is 17.5. The number of hydrogen-bond donors (Lipinski definition) is 2. The summed E-state index contributed by atoms with van der Waals surface area (Å²) in [6.45, 7) is 9.67. The predicted octanol–water partition coefficient (Wildman–Crippen LogP) is 1.81. The van der Waals surface area contributed by atoms with Crippen molar-refractivity contribution in [2.75, 3.05) is 32.1 Å². The highest BCUT2D eigenvalue weighted by molar-refractivity contribution is 7.98. The van der Waals surface area contributed by atoms with Crippen molar-refractivity contribution in [1.29, 1.82) is 0 Å². The van der Waals surface area contributed by atoms with E-state index in [1.165, 1.54) is 0 Å². The second-order valence-electron chi connectivity index (χ2n) is 5.47. The molecule has 0 saturated carbocycles. The summed E-state index contributed by atoms with van der Waals surface area (Å²) in [5.41, 5.74) is -0.662. The molecule has 17 heavy (non-hydrogen) atoms. The van der Waals surface area contributed by atoms with Gasteiger partial charge in [-0.05, 0) is 26.6 Å². The van der Waals surface area contributed by atoms with E-state index in [9.17, 15) is 5.11 Å². The van der Waals surface area contributed by atoms with Gasteiger partial charge < -0.3 is 10.4 Å². The van der Waals surface area contributed by atoms with E-state index < -0.39 is 5.60 Å². The number of aliphatic hydroxyl groups is 1. The molecule has 3 nitrogen and oxygen atoms in total. The lowest BCUT2D eigenvalue weighted by Gasteiger charge is -2.34. The Morgan fingerprint density at radius 1 is 1.41 bits per heavy atom. The van der Waals surface area contributed by atoms with Gasteiger partial charge in [0, 0.05) is 30.9 Å². The second kappa shape index (κ2) is 8.35. The molecule has 2 unspecified atom stereocenters. The summed E-state index contributed by atoms with van der Waals surface area (Å²) in [5.74, 6) is 1.13. The fraction of sp³-hybridized carbons (Fsp3) is 1.00. The smallest absolute Gasteiger partial charge is 0.0869 e. The number of hydrogen-bond acceptors (Lipinski definition) is 4. The van der Waals surface area contributed by atoms with Crippen molar-refractivity contribution in [1.82, 2.24) is 10.2 Å². The molecule has 0 aromatic rings. The fourth-order valence-corrected chi connectivity index (χ4v) is 2.77. The SMILES string of the molecule is CCC(CSC)N(C)CC(C)(O)CNC(C)C. The zero-order valence-electron chi connectivity index (χ0n) is 12.3. The maximum Gasteiger partial charge on any atom is 0.0869 e. The Labute approximate surface area is 111 Å². The second-order valence-corrected chi connectivity index (χ2v) is 6.38. The van der Waals surface area contributed by atoms with Gasteiger partial charge in [-0.15, -0.1) is 0 Å². The van der Waals surface area contributed by atoms with E-state index in [4.69, 9.17) is 0 Å². The van der Waals surface area contributed by atoms with Crippen LogP contribution in [-0.4, -0.2) is 59.8 Å². The van der Waals surface area contributed by atoms with Gasteiger partial charge in [-0.3, -0.25) is 4.90 Å². The van der Waals surface area contributed by atoms with Crippen molar-refractivity contribution in [2.45, 2.75) is 51.8 Å². The van der Waals surface area contributed by atoms with Gasteiger partial charge in [-0.2, -0.15) is 11.8 Å². The van der Waals surface area contributed by atoms with Gasteiger partial charge >= 0.3 is 0 Å². The van der Waals surface area contributed by atoms with Crippen LogP contribution in [0.25, 0.3) is 0 Å². The van der Waals surface area contributed by atoms with Crippen LogP contribution in [0.5, 0.6) is 0 Å². The zero-order valence-corrected chi connectivity index (χ0v) is 13.1. The molecular weight excluding hydrogens is 232 g/mol. The molecule has 2 atom stereocenters. The summed E-state index contributed by atoms with van der Waals surface area (Å²) in [6.07, 6.45) is 3.26. The van der Waals surface area contributed by atoms with Crippen LogP contribution in [0.15, 0.2) is 0 Å². The molecule has 0 bridgehead atoms. The number of nitrogens with zero attached hydrogens (tertiary/aromatic N) is 1. The molecule has 0 rings (SSSR count). The molecule has 0 aromatic carbocycles. The summed E-state index contributed by atoms with van der Waals surface area (Å²) >= 11 is 1.87. The molecule has 0 amide bonds. The Kier molecular flexibility index (Phi) is 8.47. The third kappa shape index (κ3) is 8.03. The van der Waals surface area contributed by atoms with Crippen LogP contribution in [0.2, 0.25) is 0 Å². The van der Waals surface area contributed by atoms with E-state index in [0.29, 0.717) is 25.2 Å². The first kappa shape index (κ1) is 17.2. The highest BCUT2D eigenvalue weighted by Gasteiger charge is 2.25. The quantitative estimate of drug-likeness (QED) is 0.664. The van der Waals surface area contributed by atoms with Gasteiger partial charge in [-0.25, -0.2) is 0 Å². The number of nitrogens with one attached hydrogen (secondary N) is 1. The lowest BCUT2D eigenvalue weighted by atomic mass is 10.0. The molecule has 104 valence electrons. The molecule has 0 radical (unpaired) electrons. The Balaban J connectivity index is 4.18. The zero-order chi connectivity index (χ0) is 13.5. The molecule has 0 aliphatic heterocycles. The topological polar surface area (TPSA) is 35.5 Å². The summed E-state index contributed by atoms with van der Waals surface area (Å²) in [4.78, 5) is 2.28. The van der Waals surface area contributed by atoms with Gasteiger partial charge in [-0.1, -0.05) is 20.8 Å². The Morgan fingerprint density at radius 2 is 2.00 bits per heavy atom. The Bertz CT molecular complexity index is 198. The Morgan fingerprint density at radius 3 is 2.41 bits per heavy atom. The summed E-state index contributed by atoms with van der Waals surface area (Å²) in [7, 11) is 2.11. The van der Waals surface area contributed by atoms with Crippen molar-refractivity contribution >= 4 is 11.8 Å². The molecule has 0 aliphatic carbocycles. The van der Waals surface area contributed by atoms with Crippen LogP contribution in [0.4, 0.5) is 0 Å². The molecule has 0 aromatic heterocycles. The van der Waals surface area contributed by atoms with Crippen LogP contribution in [0, 0.1) is 0 Å². The minimum atomic E-state index is -0.662. The van der Waals surface area contributed by atoms with E-state index in [2.05, 4.69) is 44.3 Å². The van der Waals surface area contributed by atoms with E-state index in [1.807, 2.05) is 18.7 Å². The van der Waals surface area contributed by atoms with Crippen LogP contribution < -0.4 is 5.32 Å². The fourth-order valence-electron chi connectivity index (χ4n) is 1.90. The molecule has 0 aliphatic rings. The van der Waals surface area contributed by atoms with Crippen LogP contribution >= 0.6 is 11.8 Å². The van der Waals surface area contributed by atoms with Crippen LogP contribution in [0.3, 0.4) is 0 Å². The van der Waals surface area contributed by atoms with E-state index >= 15 is 0 Å². The third-order valence-corrected chi connectivity index (χ3v) is 3.65. The Hall–Kier alpha value is 0.230. The summed E-state index contributed by atoms with van der Waals surface area (Å²) in [5, 5.41) is 13.6. The van der Waals surface area contributed by atoms with Gasteiger partial charge in [0.25, 0.3) is 0 Å². The van der Waals surface area contributed by atoms with Gasteiger partial charge in [0.1, 0.15) is 0 Å². The van der Waals surface area contributed by atoms with E-state index in [1.54, 1.807) is 0 Å². The largest absolute Gasteiger partial charge is 0.388 e. The van der Waals surface area contributed by atoms with Crippen LogP contribution in [-0.2, 0) is 0 Å². The molecule has 4 heteroatoms. The van der Waals surface area contributed by atoms with Crippen molar-refractivity contribution in [3.8, 4) is 0 Å². The summed E-state index contributed by atoms with van der Waals surface area (Å²) < 4.78 is 0. The predicted molar refractivity (Wildman–Crippen MR) is 78.9 cm³/mol. The number of thioether (sulfide) groups is 1. The van der Waals surface area contributed by atoms with Crippen molar-refractivity contribution in [3.05, 3.63) is 0 Å². The van der Waals surface area contributed by atoms with Crippen molar-refractivity contribution in [3.63, 3.8) is 0 Å². The minimum absolute atomic E-state index is 0.417. The maximum absolute atomic E-state index is 10.3. The van der Waals surface area contributed by atoms with Gasteiger partial charge in [0.05, 0.1) is 5.60 Å². The van der Waals surface area contributed by atoms with Gasteiger partial charge in [0.15, 0.2) is 0 Å². The first-order chi connectivity index (χ1) is 7.82. The monoisotopic (exact) mass is 262 g/mol. The number of rotatable bonds is 9. The lowest BCUT2D eigenvalue weighted by Crippen LogP contribution is -2.50. The van der Waals surface area contributed by atoms with E-state index in [-0.39, 0.29) is 0 Å². The molecule has 0 fully saturated rings. The third-order valence-electron chi connectivity index (χ3n) is 2.93. The average molecular weight is 262 g/mol. The van der Waals surface area contributed by atoms with Gasteiger partial charge in [0.2, 0.25) is 0 Å². The van der Waals surface area contributed by atoms with Crippen molar-refractivity contribution < 1.29 is 5.11 Å². The lowest BCUT2D eigenvalue weighted by molar-refractivity contribution is 0.0165. The highest BCUT2D eigenvalue weighted by atomic mass is 32.2. The molecule has 0 saturated heterocycles. The number of likely N-dealkylation sites (N-methyl/N-ethyl adjacent to an activating group) is 1.